The van der Waals surface area contributed by atoms with Gasteiger partial charge in [-0.05, 0) is 48.2 Å². The number of halogens is 1. The quantitative estimate of drug-likeness (QED) is 0.340. The molecule has 0 saturated heterocycles. The van der Waals surface area contributed by atoms with E-state index in [1.807, 2.05) is 30.3 Å². The Morgan fingerprint density at radius 3 is 2.56 bits per heavy atom. The summed E-state index contributed by atoms with van der Waals surface area (Å²) in [4.78, 5) is 5.04. The van der Waals surface area contributed by atoms with Crippen molar-refractivity contribution in [2.45, 2.75) is 12.8 Å². The van der Waals surface area contributed by atoms with Crippen LogP contribution in [0, 0.1) is 0 Å². The molecule has 4 heteroatoms. The first kappa shape index (κ1) is 16.2. The highest BCUT2D eigenvalue weighted by Gasteiger charge is 2.27. The molecule has 6 rings (SSSR count). The average Bonchev–Trinajstić information content (AvgIpc) is 3.34. The van der Waals surface area contributed by atoms with Gasteiger partial charge in [0, 0.05) is 10.9 Å². The Morgan fingerprint density at radius 2 is 1.67 bits per heavy atom. The average molecular weight is 374 g/mol. The first-order valence-corrected chi connectivity index (χ1v) is 8.86. The van der Waals surface area contributed by atoms with Gasteiger partial charge in [0.2, 0.25) is 0 Å². The molecule has 3 nitrogen and oxygen atoms in total. The molecule has 0 spiro atoms. The Labute approximate surface area is 162 Å². The zero-order chi connectivity index (χ0) is 17.1. The lowest BCUT2D eigenvalue weighted by atomic mass is 9.85. The van der Waals surface area contributed by atoms with Crippen LogP contribution in [0.1, 0.15) is 11.3 Å². The fraction of sp³-hybridized carbons (Fsp3) is 0.0870. The molecule has 2 aromatic carbocycles. The van der Waals surface area contributed by atoms with E-state index in [0.717, 1.165) is 57.5 Å². The van der Waals surface area contributed by atoms with Gasteiger partial charge < -0.3 is 8.83 Å². The Bertz CT molecular complexity index is 1280. The maximum absolute atomic E-state index is 6.27. The van der Waals surface area contributed by atoms with Crippen LogP contribution in [0.3, 0.4) is 0 Å². The molecular weight excluding hydrogens is 358 g/mol. The van der Waals surface area contributed by atoms with Crippen molar-refractivity contribution in [3.8, 4) is 22.5 Å². The third-order valence-electron chi connectivity index (χ3n) is 5.27. The number of hydrogen-bond acceptors (Lipinski definition) is 3. The molecule has 0 bridgehead atoms. The molecular formula is C23H16ClNO2. The number of fused-ring (bicyclic) bond motifs is 6. The Morgan fingerprint density at radius 1 is 0.815 bits per heavy atom. The van der Waals surface area contributed by atoms with Crippen LogP contribution >= 0.6 is 12.4 Å². The summed E-state index contributed by atoms with van der Waals surface area (Å²) in [6, 6.07) is 20.6. The number of furan rings is 2. The second-order valence-corrected chi connectivity index (χ2v) is 6.72. The van der Waals surface area contributed by atoms with Crippen molar-refractivity contribution < 1.29 is 8.83 Å². The molecule has 27 heavy (non-hydrogen) atoms. The molecule has 0 aliphatic heterocycles. The smallest absolute Gasteiger partial charge is 0.165 e. The minimum absolute atomic E-state index is 0. The monoisotopic (exact) mass is 373 g/mol. The van der Waals surface area contributed by atoms with Gasteiger partial charge in [-0.3, -0.25) is 0 Å². The summed E-state index contributed by atoms with van der Waals surface area (Å²) < 4.78 is 12.1. The molecule has 0 atom stereocenters. The van der Waals surface area contributed by atoms with E-state index in [0.29, 0.717) is 0 Å². The Kier molecular flexibility index (Phi) is 3.59. The molecule has 0 fully saturated rings. The topological polar surface area (TPSA) is 39.2 Å². The van der Waals surface area contributed by atoms with E-state index in [1.165, 1.54) is 11.1 Å². The number of pyridine rings is 1. The fourth-order valence-electron chi connectivity index (χ4n) is 4.12. The van der Waals surface area contributed by atoms with Gasteiger partial charge in [-0.2, -0.15) is 0 Å². The summed E-state index contributed by atoms with van der Waals surface area (Å²) in [5.74, 6) is 0.824. The van der Waals surface area contributed by atoms with E-state index in [1.54, 1.807) is 6.26 Å². The van der Waals surface area contributed by atoms with Crippen molar-refractivity contribution in [2.75, 3.05) is 0 Å². The van der Waals surface area contributed by atoms with Crippen molar-refractivity contribution in [2.24, 2.45) is 0 Å². The molecule has 0 amide bonds. The second kappa shape index (κ2) is 6.00. The minimum atomic E-state index is 0. The zero-order valence-corrected chi connectivity index (χ0v) is 15.3. The summed E-state index contributed by atoms with van der Waals surface area (Å²) >= 11 is 0. The molecule has 0 radical (unpaired) electrons. The molecule has 0 unspecified atom stereocenters. The van der Waals surface area contributed by atoms with Gasteiger partial charge in [-0.15, -0.1) is 12.4 Å². The van der Waals surface area contributed by atoms with E-state index < -0.39 is 0 Å². The standard InChI is InChI=1S/C23H15NO2.ClH/c1-2-7-15-14(6-1)11-12-17-20(15)21(19-10-5-13-25-19)23-22(24-17)16-8-3-4-9-18(16)26-23;/h1-10,13H,11-12H2;1H. The fourth-order valence-corrected chi connectivity index (χ4v) is 4.12. The SMILES string of the molecule is Cl.c1coc(-c2c3c(nc4c2oc2ccccc24)CCc2ccccc2-3)c1. The van der Waals surface area contributed by atoms with Crippen LogP contribution in [0.2, 0.25) is 0 Å². The Balaban J connectivity index is 0.00000160. The predicted octanol–water partition coefficient (Wildman–Crippen LogP) is 6.43. The largest absolute Gasteiger partial charge is 0.464 e. The lowest BCUT2D eigenvalue weighted by molar-refractivity contribution is 0.580. The molecule has 0 N–H and O–H groups in total. The van der Waals surface area contributed by atoms with Crippen molar-refractivity contribution in [1.29, 1.82) is 0 Å². The van der Waals surface area contributed by atoms with E-state index in [9.17, 15) is 0 Å². The van der Waals surface area contributed by atoms with Gasteiger partial charge in [0.05, 0.1) is 17.5 Å². The first-order valence-electron chi connectivity index (χ1n) is 8.86. The number of benzene rings is 2. The van der Waals surface area contributed by atoms with Crippen LogP contribution in [-0.2, 0) is 12.8 Å². The molecule has 1 aliphatic rings. The number of aromatic nitrogens is 1. The minimum Gasteiger partial charge on any atom is -0.464 e. The summed E-state index contributed by atoms with van der Waals surface area (Å²) in [7, 11) is 0. The molecule has 0 saturated carbocycles. The van der Waals surface area contributed by atoms with E-state index in [4.69, 9.17) is 13.8 Å². The van der Waals surface area contributed by atoms with E-state index in [2.05, 4.69) is 30.3 Å². The van der Waals surface area contributed by atoms with Crippen molar-refractivity contribution in [1.82, 2.24) is 4.98 Å². The van der Waals surface area contributed by atoms with Gasteiger partial charge in [-0.25, -0.2) is 4.98 Å². The summed E-state index contributed by atoms with van der Waals surface area (Å²) in [6.45, 7) is 0. The number of nitrogens with zero attached hydrogens (tertiary/aromatic N) is 1. The lowest BCUT2D eigenvalue weighted by Crippen LogP contribution is -2.07. The zero-order valence-electron chi connectivity index (χ0n) is 14.4. The van der Waals surface area contributed by atoms with Crippen LogP contribution in [0.15, 0.2) is 75.8 Å². The predicted molar refractivity (Wildman–Crippen MR) is 109 cm³/mol. The number of hydrogen-bond donors (Lipinski definition) is 0. The summed E-state index contributed by atoms with van der Waals surface area (Å²) in [5.41, 5.74) is 8.45. The van der Waals surface area contributed by atoms with Crippen LogP contribution in [0.5, 0.6) is 0 Å². The van der Waals surface area contributed by atoms with Crippen molar-refractivity contribution in [3.63, 3.8) is 0 Å². The van der Waals surface area contributed by atoms with Crippen LogP contribution < -0.4 is 0 Å². The van der Waals surface area contributed by atoms with Crippen molar-refractivity contribution in [3.05, 3.63) is 78.2 Å². The molecule has 3 heterocycles. The van der Waals surface area contributed by atoms with Crippen molar-refractivity contribution >= 4 is 34.5 Å². The molecule has 5 aromatic rings. The van der Waals surface area contributed by atoms with Gasteiger partial charge in [0.25, 0.3) is 0 Å². The summed E-state index contributed by atoms with van der Waals surface area (Å²) in [6.07, 6.45) is 3.65. The highest BCUT2D eigenvalue weighted by atomic mass is 35.5. The Hall–Kier alpha value is -3.04. The third kappa shape index (κ3) is 2.25. The number of para-hydroxylation sites is 1. The normalized spacial score (nSPS) is 12.6. The van der Waals surface area contributed by atoms with Crippen LogP contribution in [0.4, 0.5) is 0 Å². The molecule has 1 aliphatic carbocycles. The van der Waals surface area contributed by atoms with Gasteiger partial charge >= 0.3 is 0 Å². The summed E-state index contributed by atoms with van der Waals surface area (Å²) in [5, 5.41) is 1.05. The number of rotatable bonds is 1. The van der Waals surface area contributed by atoms with E-state index >= 15 is 0 Å². The van der Waals surface area contributed by atoms with Gasteiger partial charge in [-0.1, -0.05) is 36.4 Å². The first-order chi connectivity index (χ1) is 12.9. The third-order valence-corrected chi connectivity index (χ3v) is 5.27. The highest BCUT2D eigenvalue weighted by Crippen LogP contribution is 2.45. The molecule has 132 valence electrons. The maximum atomic E-state index is 6.27. The van der Waals surface area contributed by atoms with Crippen LogP contribution in [-0.4, -0.2) is 4.98 Å². The number of aryl methyl sites for hydroxylation is 2. The highest BCUT2D eigenvalue weighted by molar-refractivity contribution is 6.10. The molecule has 3 aromatic heterocycles. The maximum Gasteiger partial charge on any atom is 0.165 e. The van der Waals surface area contributed by atoms with Gasteiger partial charge in [0.15, 0.2) is 5.58 Å². The van der Waals surface area contributed by atoms with Gasteiger partial charge in [0.1, 0.15) is 16.9 Å². The second-order valence-electron chi connectivity index (χ2n) is 6.72. The van der Waals surface area contributed by atoms with Crippen LogP contribution in [0.25, 0.3) is 44.5 Å². The van der Waals surface area contributed by atoms with E-state index in [-0.39, 0.29) is 12.4 Å². The lowest BCUT2D eigenvalue weighted by Gasteiger charge is -2.21.